The highest BCUT2D eigenvalue weighted by atomic mass is 32.2. The zero-order valence-corrected chi connectivity index (χ0v) is 13.8. The van der Waals surface area contributed by atoms with Gasteiger partial charge in [0.15, 0.2) is 0 Å². The molecule has 2 heterocycles. The van der Waals surface area contributed by atoms with Crippen molar-refractivity contribution in [3.63, 3.8) is 0 Å². The van der Waals surface area contributed by atoms with Gasteiger partial charge in [0.05, 0.1) is 12.1 Å². The van der Waals surface area contributed by atoms with Gasteiger partial charge in [0.25, 0.3) is 0 Å². The van der Waals surface area contributed by atoms with E-state index in [0.717, 1.165) is 31.4 Å². The standard InChI is InChI=1S/C14H22N2O3S2/c1-2-15-8-10-7-13(20-9-10)21(17,18)16-12-5-6-19-14(12)11-3-4-11/h7,9,11-12,14-16H,2-6,8H2,1H3. The van der Waals surface area contributed by atoms with Gasteiger partial charge in [0.2, 0.25) is 10.0 Å². The summed E-state index contributed by atoms with van der Waals surface area (Å²) in [6.45, 7) is 4.27. The lowest BCUT2D eigenvalue weighted by atomic mass is 10.1. The number of hydrogen-bond acceptors (Lipinski definition) is 5. The number of sulfonamides is 1. The molecule has 1 aliphatic heterocycles. The van der Waals surface area contributed by atoms with Gasteiger partial charge in [-0.15, -0.1) is 11.3 Å². The highest BCUT2D eigenvalue weighted by Crippen LogP contribution is 2.39. The first kappa shape index (κ1) is 15.4. The van der Waals surface area contributed by atoms with E-state index in [9.17, 15) is 8.42 Å². The van der Waals surface area contributed by atoms with Crippen molar-refractivity contribution in [3.05, 3.63) is 17.0 Å². The fraction of sp³-hybridized carbons (Fsp3) is 0.714. The van der Waals surface area contributed by atoms with Crippen LogP contribution in [0.1, 0.15) is 31.7 Å². The molecule has 5 nitrogen and oxygen atoms in total. The second-order valence-corrected chi connectivity index (χ2v) is 8.60. The molecule has 3 rings (SSSR count). The molecular weight excluding hydrogens is 308 g/mol. The van der Waals surface area contributed by atoms with Crippen molar-refractivity contribution in [2.45, 2.75) is 49.1 Å². The van der Waals surface area contributed by atoms with Crippen molar-refractivity contribution in [2.24, 2.45) is 5.92 Å². The minimum Gasteiger partial charge on any atom is -0.376 e. The van der Waals surface area contributed by atoms with E-state index in [1.165, 1.54) is 11.3 Å². The third kappa shape index (κ3) is 3.65. The molecule has 2 aliphatic rings. The summed E-state index contributed by atoms with van der Waals surface area (Å²) in [7, 11) is -3.43. The van der Waals surface area contributed by atoms with E-state index >= 15 is 0 Å². The van der Waals surface area contributed by atoms with E-state index in [-0.39, 0.29) is 12.1 Å². The topological polar surface area (TPSA) is 67.4 Å². The summed E-state index contributed by atoms with van der Waals surface area (Å²) in [5.74, 6) is 0.549. The van der Waals surface area contributed by atoms with Gasteiger partial charge in [-0.3, -0.25) is 0 Å². The molecule has 1 aliphatic carbocycles. The summed E-state index contributed by atoms with van der Waals surface area (Å²) in [4.78, 5) is 0. The molecule has 0 amide bonds. The summed E-state index contributed by atoms with van der Waals surface area (Å²) in [5.41, 5.74) is 1.02. The van der Waals surface area contributed by atoms with Crippen molar-refractivity contribution in [1.29, 1.82) is 0 Å². The van der Waals surface area contributed by atoms with Crippen LogP contribution in [0.25, 0.3) is 0 Å². The van der Waals surface area contributed by atoms with Gasteiger partial charge < -0.3 is 10.1 Å². The van der Waals surface area contributed by atoms with Crippen molar-refractivity contribution < 1.29 is 13.2 Å². The minimum atomic E-state index is -3.43. The number of hydrogen-bond donors (Lipinski definition) is 2. The van der Waals surface area contributed by atoms with Crippen LogP contribution in [-0.4, -0.2) is 33.7 Å². The Balaban J connectivity index is 1.66. The molecule has 0 bridgehead atoms. The quantitative estimate of drug-likeness (QED) is 0.798. The molecule has 1 saturated carbocycles. The first-order valence-corrected chi connectivity index (χ1v) is 9.88. The molecule has 7 heteroatoms. The first-order chi connectivity index (χ1) is 10.1. The maximum absolute atomic E-state index is 12.5. The zero-order chi connectivity index (χ0) is 14.9. The Morgan fingerprint density at radius 3 is 2.90 bits per heavy atom. The zero-order valence-electron chi connectivity index (χ0n) is 12.2. The second-order valence-electron chi connectivity index (χ2n) is 5.74. The highest BCUT2D eigenvalue weighted by molar-refractivity contribution is 7.91. The van der Waals surface area contributed by atoms with E-state index in [0.29, 0.717) is 23.3 Å². The van der Waals surface area contributed by atoms with Crippen LogP contribution >= 0.6 is 11.3 Å². The number of rotatable bonds is 7. The van der Waals surface area contributed by atoms with Crippen LogP contribution in [0.2, 0.25) is 0 Å². The number of nitrogens with one attached hydrogen (secondary N) is 2. The highest BCUT2D eigenvalue weighted by Gasteiger charge is 2.42. The molecule has 21 heavy (non-hydrogen) atoms. The SMILES string of the molecule is CCNCc1csc(S(=O)(=O)NC2CCOC2C2CC2)c1. The molecule has 2 N–H and O–H groups in total. The maximum atomic E-state index is 12.5. The molecular formula is C14H22N2O3S2. The summed E-state index contributed by atoms with van der Waals surface area (Å²) in [5, 5.41) is 5.11. The van der Waals surface area contributed by atoms with Gasteiger partial charge in [-0.05, 0) is 48.7 Å². The van der Waals surface area contributed by atoms with Crippen LogP contribution in [0, 0.1) is 5.92 Å². The monoisotopic (exact) mass is 330 g/mol. The lowest BCUT2D eigenvalue weighted by Crippen LogP contribution is -2.41. The largest absolute Gasteiger partial charge is 0.376 e. The summed E-state index contributed by atoms with van der Waals surface area (Å²) in [6, 6.07) is 1.69. The Hall–Kier alpha value is -0.470. The molecule has 118 valence electrons. The lowest BCUT2D eigenvalue weighted by Gasteiger charge is -2.18. The normalized spacial score (nSPS) is 26.3. The lowest BCUT2D eigenvalue weighted by molar-refractivity contribution is 0.0848. The third-order valence-electron chi connectivity index (χ3n) is 4.00. The van der Waals surface area contributed by atoms with Crippen molar-refractivity contribution in [3.8, 4) is 0 Å². The van der Waals surface area contributed by atoms with Crippen LogP contribution < -0.4 is 10.0 Å². The van der Waals surface area contributed by atoms with Crippen molar-refractivity contribution in [1.82, 2.24) is 10.0 Å². The number of thiophene rings is 1. The average Bonchev–Trinajstić information content (AvgIpc) is 2.99. The van der Waals surface area contributed by atoms with Gasteiger partial charge in [0.1, 0.15) is 4.21 Å². The first-order valence-electron chi connectivity index (χ1n) is 7.52. The number of ether oxygens (including phenoxy) is 1. The second kappa shape index (κ2) is 6.34. The average molecular weight is 330 g/mol. The maximum Gasteiger partial charge on any atom is 0.250 e. The smallest absolute Gasteiger partial charge is 0.250 e. The molecule has 2 fully saturated rings. The molecule has 1 saturated heterocycles. The molecule has 0 aromatic carbocycles. The summed E-state index contributed by atoms with van der Waals surface area (Å²) in [6.07, 6.45) is 3.17. The molecule has 0 radical (unpaired) electrons. The van der Waals surface area contributed by atoms with Gasteiger partial charge in [-0.25, -0.2) is 13.1 Å². The van der Waals surface area contributed by atoms with E-state index in [2.05, 4.69) is 10.0 Å². The Labute approximate surface area is 130 Å². The fourth-order valence-corrected chi connectivity index (χ4v) is 5.25. The van der Waals surface area contributed by atoms with E-state index < -0.39 is 10.0 Å². The van der Waals surface area contributed by atoms with E-state index in [1.54, 1.807) is 6.07 Å². The van der Waals surface area contributed by atoms with Gasteiger partial charge in [0, 0.05) is 13.2 Å². The van der Waals surface area contributed by atoms with Gasteiger partial charge >= 0.3 is 0 Å². The Bertz CT molecular complexity index is 581. The third-order valence-corrected chi connectivity index (χ3v) is 6.98. The predicted molar refractivity (Wildman–Crippen MR) is 82.9 cm³/mol. The van der Waals surface area contributed by atoms with E-state index in [4.69, 9.17) is 4.74 Å². The van der Waals surface area contributed by atoms with Crippen molar-refractivity contribution >= 4 is 21.4 Å². The summed E-state index contributed by atoms with van der Waals surface area (Å²) >= 11 is 1.28. The van der Waals surface area contributed by atoms with Crippen LogP contribution in [0.15, 0.2) is 15.7 Å². The van der Waals surface area contributed by atoms with Crippen LogP contribution in [0.4, 0.5) is 0 Å². The molecule has 1 aromatic rings. The Kier molecular flexibility index (Phi) is 4.66. The van der Waals surface area contributed by atoms with Crippen molar-refractivity contribution in [2.75, 3.05) is 13.2 Å². The molecule has 0 spiro atoms. The van der Waals surface area contributed by atoms with Gasteiger partial charge in [-0.2, -0.15) is 0 Å². The van der Waals surface area contributed by atoms with Gasteiger partial charge in [-0.1, -0.05) is 6.92 Å². The van der Waals surface area contributed by atoms with Crippen LogP contribution in [-0.2, 0) is 21.3 Å². The minimum absolute atomic E-state index is 0.0678. The Morgan fingerprint density at radius 1 is 1.38 bits per heavy atom. The Morgan fingerprint density at radius 2 is 2.19 bits per heavy atom. The predicted octanol–water partition coefficient (Wildman–Crippen LogP) is 1.70. The molecule has 2 atom stereocenters. The summed E-state index contributed by atoms with van der Waals surface area (Å²) < 4.78 is 33.9. The fourth-order valence-electron chi connectivity index (χ4n) is 2.74. The van der Waals surface area contributed by atoms with E-state index in [1.807, 2.05) is 12.3 Å². The van der Waals surface area contributed by atoms with Crippen LogP contribution in [0.3, 0.4) is 0 Å². The molecule has 2 unspecified atom stereocenters. The molecule has 1 aromatic heterocycles. The van der Waals surface area contributed by atoms with Crippen LogP contribution in [0.5, 0.6) is 0 Å².